The van der Waals surface area contributed by atoms with E-state index in [1.165, 1.54) is 12.1 Å². The number of hydrogen-bond acceptors (Lipinski definition) is 7. The number of carbonyl (C=O) groups excluding carboxylic acids is 1. The predicted octanol–water partition coefficient (Wildman–Crippen LogP) is 6.01. The minimum Gasteiger partial charge on any atom is -0.370 e. The quantitative estimate of drug-likeness (QED) is 0.251. The second kappa shape index (κ2) is 15.5. The molecule has 1 heterocycles. The lowest BCUT2D eigenvalue weighted by Gasteiger charge is -2.36. The molecule has 4 rings (SSSR count). The molecular weight excluding hydrogens is 631 g/mol. The zero-order valence-electron chi connectivity index (χ0n) is 25.5. The Morgan fingerprint density at radius 3 is 2.26 bits per heavy atom. The van der Waals surface area contributed by atoms with Crippen LogP contribution >= 0.6 is 0 Å². The molecule has 0 aromatic heterocycles. The van der Waals surface area contributed by atoms with E-state index in [-0.39, 0.29) is 61.3 Å². The number of anilines is 1. The number of carbonyl (C=O) groups is 1. The van der Waals surface area contributed by atoms with E-state index in [0.717, 1.165) is 5.69 Å². The molecule has 2 aromatic carbocycles. The first-order chi connectivity index (χ1) is 21.8. The number of alkyl halides is 5. The minimum atomic E-state index is -4.25. The second-order valence-electron chi connectivity index (χ2n) is 11.9. The van der Waals surface area contributed by atoms with Crippen molar-refractivity contribution in [3.63, 3.8) is 0 Å². The van der Waals surface area contributed by atoms with Gasteiger partial charge in [-0.2, -0.15) is 27.2 Å². The van der Waals surface area contributed by atoms with Crippen LogP contribution < -0.4 is 15.5 Å². The number of rotatable bonds is 13. The lowest BCUT2D eigenvalue weighted by atomic mass is 9.78. The summed E-state index contributed by atoms with van der Waals surface area (Å²) in [5.74, 6) is -2.00. The lowest BCUT2D eigenvalue weighted by Crippen LogP contribution is -2.48. The van der Waals surface area contributed by atoms with Gasteiger partial charge in [0, 0.05) is 36.4 Å². The van der Waals surface area contributed by atoms with Crippen LogP contribution in [0, 0.1) is 23.2 Å². The van der Waals surface area contributed by atoms with Gasteiger partial charge in [0.05, 0.1) is 41.7 Å². The topological polar surface area (TPSA) is 112 Å². The SMILES string of the molecule is CCS(=O)(=O)c1ccc([C@H](CC#N)NC(=O)c2ccc(N3CCC(NC(COC(F)F)C4CCC(C(F)(F)F)CC4)C3)cc2)cc1. The van der Waals surface area contributed by atoms with Gasteiger partial charge in [0.1, 0.15) is 0 Å². The Bertz CT molecular complexity index is 1440. The Hall–Kier alpha value is -3.28. The summed E-state index contributed by atoms with van der Waals surface area (Å²) in [6.45, 7) is -0.501. The first-order valence-electron chi connectivity index (χ1n) is 15.4. The molecule has 2 N–H and O–H groups in total. The average Bonchev–Trinajstić information content (AvgIpc) is 3.51. The monoisotopic (exact) mass is 670 g/mol. The van der Waals surface area contributed by atoms with E-state index in [1.54, 1.807) is 43.3 Å². The van der Waals surface area contributed by atoms with Crippen molar-refractivity contribution < 1.29 is 39.9 Å². The lowest BCUT2D eigenvalue weighted by molar-refractivity contribution is -0.185. The van der Waals surface area contributed by atoms with Crippen LogP contribution in [0.1, 0.15) is 67.4 Å². The molecule has 2 unspecified atom stereocenters. The molecule has 3 atom stereocenters. The van der Waals surface area contributed by atoms with Gasteiger partial charge < -0.3 is 20.3 Å². The average molecular weight is 671 g/mol. The molecule has 8 nitrogen and oxygen atoms in total. The zero-order chi connectivity index (χ0) is 33.5. The maximum Gasteiger partial charge on any atom is 0.391 e. The van der Waals surface area contributed by atoms with Gasteiger partial charge in [-0.3, -0.25) is 4.79 Å². The van der Waals surface area contributed by atoms with Crippen molar-refractivity contribution in [1.29, 1.82) is 5.26 Å². The van der Waals surface area contributed by atoms with Crippen molar-refractivity contribution >= 4 is 21.4 Å². The number of benzene rings is 2. The van der Waals surface area contributed by atoms with Crippen LogP contribution in [-0.4, -0.2) is 64.6 Å². The molecule has 252 valence electrons. The summed E-state index contributed by atoms with van der Waals surface area (Å²) in [5.41, 5.74) is 1.81. The van der Waals surface area contributed by atoms with E-state index in [0.29, 0.717) is 30.6 Å². The molecule has 0 radical (unpaired) electrons. The van der Waals surface area contributed by atoms with Gasteiger partial charge >= 0.3 is 12.8 Å². The fourth-order valence-corrected chi connectivity index (χ4v) is 7.15. The fraction of sp³-hybridized carbons (Fsp3) is 0.562. The highest BCUT2D eigenvalue weighted by atomic mass is 32.2. The molecule has 1 amide bonds. The van der Waals surface area contributed by atoms with Gasteiger partial charge in [0.15, 0.2) is 9.84 Å². The summed E-state index contributed by atoms with van der Waals surface area (Å²) < 4.78 is 94.0. The zero-order valence-corrected chi connectivity index (χ0v) is 26.3. The largest absolute Gasteiger partial charge is 0.391 e. The molecule has 46 heavy (non-hydrogen) atoms. The third kappa shape index (κ3) is 9.39. The number of nitrogens with zero attached hydrogens (tertiary/aromatic N) is 2. The summed E-state index contributed by atoms with van der Waals surface area (Å²) in [4.78, 5) is 15.3. The Kier molecular flexibility index (Phi) is 12.0. The maximum absolute atomic E-state index is 13.1. The number of amides is 1. The van der Waals surface area contributed by atoms with Crippen molar-refractivity contribution in [2.45, 2.75) is 81.3 Å². The number of halogens is 5. The first-order valence-corrected chi connectivity index (χ1v) is 17.0. The van der Waals surface area contributed by atoms with Crippen LogP contribution in [0.15, 0.2) is 53.4 Å². The van der Waals surface area contributed by atoms with Crippen LogP contribution in [0.5, 0.6) is 0 Å². The Morgan fingerprint density at radius 2 is 1.70 bits per heavy atom. The molecule has 1 aliphatic heterocycles. The normalized spacial score (nSPS) is 22.0. The maximum atomic E-state index is 13.1. The first kappa shape index (κ1) is 35.6. The van der Waals surface area contributed by atoms with E-state index < -0.39 is 46.5 Å². The van der Waals surface area contributed by atoms with E-state index in [2.05, 4.69) is 20.3 Å². The molecule has 2 fully saturated rings. The number of nitrogens with one attached hydrogen (secondary N) is 2. The van der Waals surface area contributed by atoms with E-state index in [4.69, 9.17) is 0 Å². The van der Waals surface area contributed by atoms with Gasteiger partial charge in [-0.1, -0.05) is 19.1 Å². The van der Waals surface area contributed by atoms with Crippen LogP contribution in [-0.2, 0) is 14.6 Å². The molecule has 14 heteroatoms. The third-order valence-corrected chi connectivity index (χ3v) is 10.7. The molecule has 0 spiro atoms. The predicted molar refractivity (Wildman–Crippen MR) is 162 cm³/mol. The molecule has 1 saturated heterocycles. The highest BCUT2D eigenvalue weighted by molar-refractivity contribution is 7.91. The Labute approximate surface area is 266 Å². The van der Waals surface area contributed by atoms with Gasteiger partial charge in [-0.15, -0.1) is 0 Å². The van der Waals surface area contributed by atoms with Gasteiger partial charge in [0.25, 0.3) is 5.91 Å². The second-order valence-corrected chi connectivity index (χ2v) is 14.1. The number of hydrogen-bond donors (Lipinski definition) is 2. The summed E-state index contributed by atoms with van der Waals surface area (Å²) in [6, 6.07) is 13.8. The van der Waals surface area contributed by atoms with Gasteiger partial charge in [-0.25, -0.2) is 8.42 Å². The van der Waals surface area contributed by atoms with Crippen molar-refractivity contribution in [2.24, 2.45) is 11.8 Å². The van der Waals surface area contributed by atoms with Crippen molar-refractivity contribution in [1.82, 2.24) is 10.6 Å². The highest BCUT2D eigenvalue weighted by Gasteiger charge is 2.43. The standard InChI is InChI=1S/C32H39F5N4O4S/c1-2-46(43,44)27-13-7-21(8-14-27)28(15-17-38)40-30(42)23-5-11-26(12-6-23)41-18-16-25(19-41)39-29(20-45-31(33)34)22-3-9-24(10-4-22)32(35,36)37/h5-8,11-14,22,24-25,28-29,31,39H,2-4,9-10,15-16,18-20H2,1H3,(H,40,42)/t22?,24?,25?,28-,29?/m0/s1. The highest BCUT2D eigenvalue weighted by Crippen LogP contribution is 2.40. The Balaban J connectivity index is 1.34. The number of sulfone groups is 1. The number of nitriles is 1. The molecule has 1 aliphatic carbocycles. The molecule has 0 bridgehead atoms. The Morgan fingerprint density at radius 1 is 1.04 bits per heavy atom. The van der Waals surface area contributed by atoms with Crippen molar-refractivity contribution in [3.05, 3.63) is 59.7 Å². The smallest absolute Gasteiger partial charge is 0.370 e. The summed E-state index contributed by atoms with van der Waals surface area (Å²) in [6.07, 6.45) is -3.04. The minimum absolute atomic E-state index is 0.0149. The van der Waals surface area contributed by atoms with Crippen LogP contribution in [0.3, 0.4) is 0 Å². The molecular formula is C32H39F5N4O4S. The van der Waals surface area contributed by atoms with E-state index >= 15 is 0 Å². The van der Waals surface area contributed by atoms with Crippen LogP contribution in [0.25, 0.3) is 0 Å². The van der Waals surface area contributed by atoms with Crippen molar-refractivity contribution in [2.75, 3.05) is 30.3 Å². The van der Waals surface area contributed by atoms with Crippen LogP contribution in [0.2, 0.25) is 0 Å². The molecule has 2 aliphatic rings. The summed E-state index contributed by atoms with van der Waals surface area (Å²) in [5, 5.41) is 15.5. The summed E-state index contributed by atoms with van der Waals surface area (Å²) in [7, 11) is -3.38. The fourth-order valence-electron chi connectivity index (χ4n) is 6.26. The third-order valence-electron chi connectivity index (χ3n) is 8.96. The van der Waals surface area contributed by atoms with Gasteiger partial charge in [-0.05, 0) is 80.0 Å². The number of ether oxygens (including phenoxy) is 1. The molecule has 1 saturated carbocycles. The summed E-state index contributed by atoms with van der Waals surface area (Å²) >= 11 is 0. The molecule has 2 aromatic rings. The van der Waals surface area contributed by atoms with E-state index in [1.807, 2.05) is 6.07 Å². The van der Waals surface area contributed by atoms with Gasteiger partial charge in [0.2, 0.25) is 0 Å². The van der Waals surface area contributed by atoms with Crippen molar-refractivity contribution in [3.8, 4) is 6.07 Å². The van der Waals surface area contributed by atoms with Crippen LogP contribution in [0.4, 0.5) is 27.6 Å². The van der Waals surface area contributed by atoms with E-state index in [9.17, 15) is 40.4 Å².